The number of thiophene rings is 1. The highest BCUT2D eigenvalue weighted by atomic mass is 32.1. The fourth-order valence-electron chi connectivity index (χ4n) is 3.97. The first kappa shape index (κ1) is 23.4. The van der Waals surface area contributed by atoms with E-state index in [0.29, 0.717) is 23.5 Å². The summed E-state index contributed by atoms with van der Waals surface area (Å²) in [7, 11) is 0. The molecule has 6 nitrogen and oxygen atoms in total. The van der Waals surface area contributed by atoms with E-state index in [-0.39, 0.29) is 17.6 Å². The maximum absolute atomic E-state index is 13.6. The van der Waals surface area contributed by atoms with Crippen molar-refractivity contribution in [2.45, 2.75) is 19.1 Å². The van der Waals surface area contributed by atoms with E-state index in [1.165, 1.54) is 23.5 Å². The quantitative estimate of drug-likeness (QED) is 0.303. The number of carbonyl (C=O) groups is 2. The van der Waals surface area contributed by atoms with Gasteiger partial charge < -0.3 is 15.2 Å². The summed E-state index contributed by atoms with van der Waals surface area (Å²) >= 11 is 1.39. The van der Waals surface area contributed by atoms with Gasteiger partial charge in [0.05, 0.1) is 28.3 Å². The molecule has 0 bridgehead atoms. The van der Waals surface area contributed by atoms with E-state index in [4.69, 9.17) is 0 Å². The van der Waals surface area contributed by atoms with Crippen molar-refractivity contribution in [2.75, 3.05) is 0 Å². The second-order valence-electron chi connectivity index (χ2n) is 8.32. The molecule has 0 radical (unpaired) electrons. The molecule has 1 atom stereocenters. The van der Waals surface area contributed by atoms with Gasteiger partial charge in [0, 0.05) is 18.7 Å². The first-order valence-electron chi connectivity index (χ1n) is 11.4. The fraction of sp³-hybridized carbons (Fsp3) is 0.107. The summed E-state index contributed by atoms with van der Waals surface area (Å²) in [5.74, 6) is -0.706. The minimum absolute atomic E-state index is 0.124. The van der Waals surface area contributed by atoms with Crippen molar-refractivity contribution in [3.63, 3.8) is 0 Å². The predicted molar refractivity (Wildman–Crippen MR) is 138 cm³/mol. The second kappa shape index (κ2) is 10.5. The Kier molecular flexibility index (Phi) is 6.86. The number of fused-ring (bicyclic) bond motifs is 1. The average Bonchev–Trinajstić information content (AvgIpc) is 3.59. The van der Waals surface area contributed by atoms with Crippen molar-refractivity contribution >= 4 is 34.2 Å². The number of amides is 2. The number of hydrogen-bond acceptors (Lipinski definition) is 4. The van der Waals surface area contributed by atoms with E-state index < -0.39 is 6.04 Å². The summed E-state index contributed by atoms with van der Waals surface area (Å²) in [6, 6.07) is 24.2. The third kappa shape index (κ3) is 5.34. The molecule has 0 spiro atoms. The van der Waals surface area contributed by atoms with Crippen LogP contribution in [0.4, 0.5) is 4.39 Å². The maximum Gasteiger partial charge on any atom is 0.261 e. The Bertz CT molecular complexity index is 1480. The molecule has 5 aromatic rings. The summed E-state index contributed by atoms with van der Waals surface area (Å²) < 4.78 is 15.5. The summed E-state index contributed by atoms with van der Waals surface area (Å²) in [5, 5.41) is 7.82. The van der Waals surface area contributed by atoms with E-state index >= 15 is 0 Å². The van der Waals surface area contributed by atoms with Gasteiger partial charge in [-0.15, -0.1) is 11.3 Å². The number of aromatic nitrogens is 2. The minimum Gasteiger partial charge on any atom is -0.347 e. The molecular weight excluding hydrogens is 475 g/mol. The van der Waals surface area contributed by atoms with Crippen LogP contribution in [0.1, 0.15) is 37.2 Å². The number of nitrogens with one attached hydrogen (secondary N) is 2. The molecule has 0 saturated carbocycles. The number of nitrogens with zero attached hydrogens (tertiary/aromatic N) is 2. The Labute approximate surface area is 211 Å². The van der Waals surface area contributed by atoms with Gasteiger partial charge >= 0.3 is 0 Å². The summed E-state index contributed by atoms with van der Waals surface area (Å²) in [6.07, 6.45) is 1.74. The molecule has 3 aromatic carbocycles. The van der Waals surface area contributed by atoms with Crippen molar-refractivity contribution in [1.29, 1.82) is 0 Å². The molecule has 0 saturated heterocycles. The van der Waals surface area contributed by atoms with E-state index in [9.17, 15) is 14.0 Å². The average molecular weight is 499 g/mol. The molecule has 0 aliphatic carbocycles. The van der Waals surface area contributed by atoms with Crippen LogP contribution in [-0.2, 0) is 13.1 Å². The van der Waals surface area contributed by atoms with Crippen LogP contribution in [0.15, 0.2) is 96.6 Å². The Balaban J connectivity index is 1.30. The van der Waals surface area contributed by atoms with Crippen molar-refractivity contribution in [3.05, 3.63) is 124 Å². The van der Waals surface area contributed by atoms with Crippen molar-refractivity contribution in [3.8, 4) is 0 Å². The minimum atomic E-state index is -0.402. The standard InChI is InChI=1S/C28H23FN4O2S/c29-22-13-11-20(12-14-22)24(17-33-18-31-23-4-1-2-5-25(23)33)32-27(34)21-9-7-19(8-10-21)16-30-28(35)26-6-3-15-36-26/h1-15,18,24H,16-17H2,(H,30,35)(H,32,34). The maximum atomic E-state index is 13.6. The van der Waals surface area contributed by atoms with Gasteiger partial charge in [0.1, 0.15) is 5.82 Å². The van der Waals surface area contributed by atoms with E-state index in [0.717, 1.165) is 22.2 Å². The topological polar surface area (TPSA) is 76.0 Å². The van der Waals surface area contributed by atoms with E-state index in [2.05, 4.69) is 15.6 Å². The zero-order valence-corrected chi connectivity index (χ0v) is 20.0. The molecule has 180 valence electrons. The zero-order valence-electron chi connectivity index (χ0n) is 19.2. The van der Waals surface area contributed by atoms with Crippen LogP contribution in [-0.4, -0.2) is 21.4 Å². The van der Waals surface area contributed by atoms with Crippen LogP contribution in [0, 0.1) is 5.82 Å². The highest BCUT2D eigenvalue weighted by Crippen LogP contribution is 2.21. The summed E-state index contributed by atoms with van der Waals surface area (Å²) in [4.78, 5) is 30.4. The molecule has 2 amide bonds. The molecule has 2 heterocycles. The molecule has 0 aliphatic rings. The summed E-state index contributed by atoms with van der Waals surface area (Å²) in [6.45, 7) is 0.801. The fourth-order valence-corrected chi connectivity index (χ4v) is 4.61. The number of hydrogen-bond donors (Lipinski definition) is 2. The van der Waals surface area contributed by atoms with Gasteiger partial charge in [0.25, 0.3) is 11.8 Å². The predicted octanol–water partition coefficient (Wildman–Crippen LogP) is 5.34. The van der Waals surface area contributed by atoms with Gasteiger partial charge in [-0.2, -0.15) is 0 Å². The van der Waals surface area contributed by atoms with E-state index in [1.54, 1.807) is 36.7 Å². The second-order valence-corrected chi connectivity index (χ2v) is 9.27. The van der Waals surface area contributed by atoms with Crippen LogP contribution in [0.3, 0.4) is 0 Å². The lowest BCUT2D eigenvalue weighted by Crippen LogP contribution is -2.31. The van der Waals surface area contributed by atoms with Gasteiger partial charge in [-0.05, 0) is 59.0 Å². The Morgan fingerprint density at radius 1 is 0.917 bits per heavy atom. The number of para-hydroxylation sites is 2. The van der Waals surface area contributed by atoms with E-state index in [1.807, 2.05) is 52.4 Å². The largest absolute Gasteiger partial charge is 0.347 e. The van der Waals surface area contributed by atoms with Crippen LogP contribution < -0.4 is 10.6 Å². The molecule has 2 N–H and O–H groups in total. The summed E-state index contributed by atoms with van der Waals surface area (Å²) in [5.41, 5.74) is 3.98. The number of rotatable bonds is 8. The van der Waals surface area contributed by atoms with Gasteiger partial charge in [0.2, 0.25) is 0 Å². The number of halogens is 1. The molecule has 2 aromatic heterocycles. The third-order valence-electron chi connectivity index (χ3n) is 5.90. The smallest absolute Gasteiger partial charge is 0.261 e. The highest BCUT2D eigenvalue weighted by Gasteiger charge is 2.18. The monoisotopic (exact) mass is 498 g/mol. The number of carbonyl (C=O) groups excluding carboxylic acids is 2. The lowest BCUT2D eigenvalue weighted by Gasteiger charge is -2.20. The highest BCUT2D eigenvalue weighted by molar-refractivity contribution is 7.12. The first-order chi connectivity index (χ1) is 17.6. The van der Waals surface area contributed by atoms with Gasteiger partial charge in [-0.1, -0.05) is 42.5 Å². The Morgan fingerprint density at radius 3 is 2.44 bits per heavy atom. The molecule has 0 aliphatic heterocycles. The molecule has 1 unspecified atom stereocenters. The normalized spacial score (nSPS) is 11.8. The van der Waals surface area contributed by atoms with Gasteiger partial charge in [0.15, 0.2) is 0 Å². The molecule has 5 rings (SSSR count). The SMILES string of the molecule is O=C(NC(Cn1cnc2ccccc21)c1ccc(F)cc1)c1ccc(CNC(=O)c2cccs2)cc1. The van der Waals surface area contributed by atoms with Crippen molar-refractivity contribution < 1.29 is 14.0 Å². The van der Waals surface area contributed by atoms with Crippen molar-refractivity contribution in [1.82, 2.24) is 20.2 Å². The number of imidazole rings is 1. The molecule has 36 heavy (non-hydrogen) atoms. The molecule has 0 fully saturated rings. The Morgan fingerprint density at radius 2 is 1.69 bits per heavy atom. The van der Waals surface area contributed by atoms with Crippen molar-refractivity contribution in [2.24, 2.45) is 0 Å². The van der Waals surface area contributed by atoms with Crippen LogP contribution in [0.5, 0.6) is 0 Å². The number of benzene rings is 3. The molecular formula is C28H23FN4O2S. The first-order valence-corrected chi connectivity index (χ1v) is 12.3. The zero-order chi connectivity index (χ0) is 24.9. The van der Waals surface area contributed by atoms with Crippen LogP contribution >= 0.6 is 11.3 Å². The van der Waals surface area contributed by atoms with Crippen LogP contribution in [0.25, 0.3) is 11.0 Å². The lowest BCUT2D eigenvalue weighted by atomic mass is 10.1. The van der Waals surface area contributed by atoms with Crippen LogP contribution in [0.2, 0.25) is 0 Å². The molecule has 8 heteroatoms. The van der Waals surface area contributed by atoms with Gasteiger partial charge in [-0.3, -0.25) is 9.59 Å². The third-order valence-corrected chi connectivity index (χ3v) is 6.77. The Hall–Kier alpha value is -4.30. The van der Waals surface area contributed by atoms with Gasteiger partial charge in [-0.25, -0.2) is 9.37 Å². The lowest BCUT2D eigenvalue weighted by molar-refractivity contribution is 0.0929.